The number of hydrogen-bond donors (Lipinski definition) is 0. The van der Waals surface area contributed by atoms with E-state index in [9.17, 15) is 14.0 Å². The summed E-state index contributed by atoms with van der Waals surface area (Å²) >= 11 is 0. The predicted octanol–water partition coefficient (Wildman–Crippen LogP) is 1.87. The lowest BCUT2D eigenvalue weighted by molar-refractivity contribution is -0.135. The molecule has 1 aromatic rings. The number of amides is 2. The van der Waals surface area contributed by atoms with E-state index in [2.05, 4.69) is 4.90 Å². The molecule has 1 atom stereocenters. The van der Waals surface area contributed by atoms with Crippen LogP contribution in [0.5, 0.6) is 0 Å². The van der Waals surface area contributed by atoms with Crippen LogP contribution in [0.4, 0.5) is 4.39 Å². The van der Waals surface area contributed by atoms with Gasteiger partial charge < -0.3 is 9.80 Å². The van der Waals surface area contributed by atoms with E-state index in [0.717, 1.165) is 38.9 Å². The van der Waals surface area contributed by atoms with Crippen LogP contribution in [0.25, 0.3) is 0 Å². The molecule has 3 aliphatic rings. The van der Waals surface area contributed by atoms with Crippen LogP contribution in [0.3, 0.4) is 0 Å². The molecule has 2 saturated heterocycles. The maximum Gasteiger partial charge on any atom is 0.228 e. The highest BCUT2D eigenvalue weighted by atomic mass is 19.1. The fourth-order valence-corrected chi connectivity index (χ4v) is 4.11. The van der Waals surface area contributed by atoms with Crippen molar-refractivity contribution in [2.45, 2.75) is 38.3 Å². The van der Waals surface area contributed by atoms with Crippen LogP contribution in [0.15, 0.2) is 24.3 Å². The van der Waals surface area contributed by atoms with E-state index in [0.29, 0.717) is 37.7 Å². The van der Waals surface area contributed by atoms with Gasteiger partial charge in [-0.15, -0.1) is 0 Å². The van der Waals surface area contributed by atoms with Crippen molar-refractivity contribution >= 4 is 11.8 Å². The molecular formula is C20H26FN3O2. The van der Waals surface area contributed by atoms with Gasteiger partial charge in [-0.2, -0.15) is 0 Å². The standard InChI is InChI=1S/C20H26FN3O2/c21-18-5-2-1-4-15(18)13-22-8-3-9-23(11-10-22)20(26)16-12-19(25)24(14-16)17-6-7-17/h1-2,4-5,16-17H,3,6-14H2/t16-/m0/s1. The maximum absolute atomic E-state index is 13.9. The first-order chi connectivity index (χ1) is 12.6. The van der Waals surface area contributed by atoms with Crippen molar-refractivity contribution in [3.05, 3.63) is 35.6 Å². The average molecular weight is 359 g/mol. The van der Waals surface area contributed by atoms with Gasteiger partial charge in [0.05, 0.1) is 5.92 Å². The lowest BCUT2D eigenvalue weighted by Crippen LogP contribution is -2.40. The molecule has 1 saturated carbocycles. The summed E-state index contributed by atoms with van der Waals surface area (Å²) in [6.45, 7) is 4.15. The van der Waals surface area contributed by atoms with E-state index in [-0.39, 0.29) is 23.5 Å². The van der Waals surface area contributed by atoms with Gasteiger partial charge in [0.2, 0.25) is 11.8 Å². The quantitative estimate of drug-likeness (QED) is 0.824. The minimum Gasteiger partial charge on any atom is -0.341 e. The van der Waals surface area contributed by atoms with Crippen molar-refractivity contribution in [1.82, 2.24) is 14.7 Å². The second-order valence-electron chi connectivity index (χ2n) is 7.72. The van der Waals surface area contributed by atoms with Crippen LogP contribution < -0.4 is 0 Å². The molecule has 0 unspecified atom stereocenters. The number of carbonyl (C=O) groups excluding carboxylic acids is 2. The summed E-state index contributed by atoms with van der Waals surface area (Å²) in [7, 11) is 0. The molecular weight excluding hydrogens is 333 g/mol. The monoisotopic (exact) mass is 359 g/mol. The zero-order chi connectivity index (χ0) is 18.1. The molecule has 3 fully saturated rings. The van der Waals surface area contributed by atoms with Gasteiger partial charge in [-0.3, -0.25) is 14.5 Å². The van der Waals surface area contributed by atoms with Crippen molar-refractivity contribution in [2.75, 3.05) is 32.7 Å². The number of benzene rings is 1. The zero-order valence-electron chi connectivity index (χ0n) is 15.1. The molecule has 26 heavy (non-hydrogen) atoms. The Hall–Kier alpha value is -1.95. The van der Waals surface area contributed by atoms with Crippen molar-refractivity contribution in [2.24, 2.45) is 5.92 Å². The molecule has 0 bridgehead atoms. The Labute approximate surface area is 153 Å². The summed E-state index contributed by atoms with van der Waals surface area (Å²) in [5.74, 6) is -0.0911. The third-order valence-electron chi connectivity index (χ3n) is 5.75. The molecule has 2 amide bonds. The highest BCUT2D eigenvalue weighted by Gasteiger charge is 2.42. The Bertz CT molecular complexity index is 691. The van der Waals surface area contributed by atoms with Gasteiger partial charge >= 0.3 is 0 Å². The predicted molar refractivity (Wildman–Crippen MR) is 95.7 cm³/mol. The van der Waals surface area contributed by atoms with Gasteiger partial charge in [0.1, 0.15) is 5.82 Å². The third-order valence-corrected chi connectivity index (χ3v) is 5.75. The number of likely N-dealkylation sites (tertiary alicyclic amines) is 1. The molecule has 2 heterocycles. The Balaban J connectivity index is 1.32. The first-order valence-corrected chi connectivity index (χ1v) is 9.66. The Kier molecular flexibility index (Phi) is 4.94. The summed E-state index contributed by atoms with van der Waals surface area (Å²) in [6, 6.07) is 7.26. The molecule has 0 radical (unpaired) electrons. The molecule has 6 heteroatoms. The van der Waals surface area contributed by atoms with Crippen molar-refractivity contribution in [3.8, 4) is 0 Å². The fraction of sp³-hybridized carbons (Fsp3) is 0.600. The van der Waals surface area contributed by atoms with Crippen LogP contribution in [-0.2, 0) is 16.1 Å². The van der Waals surface area contributed by atoms with E-state index >= 15 is 0 Å². The maximum atomic E-state index is 13.9. The van der Waals surface area contributed by atoms with Gasteiger partial charge in [-0.25, -0.2) is 4.39 Å². The van der Waals surface area contributed by atoms with Crippen molar-refractivity contribution in [1.29, 1.82) is 0 Å². The van der Waals surface area contributed by atoms with Crippen molar-refractivity contribution in [3.63, 3.8) is 0 Å². The third kappa shape index (κ3) is 3.75. The van der Waals surface area contributed by atoms with Crippen molar-refractivity contribution < 1.29 is 14.0 Å². The normalized spacial score (nSPS) is 24.8. The molecule has 0 aromatic heterocycles. The number of nitrogens with zero attached hydrogens (tertiary/aromatic N) is 3. The number of halogens is 1. The molecule has 2 aliphatic heterocycles. The van der Waals surface area contributed by atoms with Crippen LogP contribution in [0, 0.1) is 11.7 Å². The molecule has 140 valence electrons. The summed E-state index contributed by atoms with van der Waals surface area (Å²) in [5.41, 5.74) is 0.703. The van der Waals surface area contributed by atoms with E-state index in [1.165, 1.54) is 6.07 Å². The largest absolute Gasteiger partial charge is 0.341 e. The first-order valence-electron chi connectivity index (χ1n) is 9.66. The number of rotatable bonds is 4. The minimum atomic E-state index is -0.179. The minimum absolute atomic E-state index is 0.120. The summed E-state index contributed by atoms with van der Waals surface area (Å²) < 4.78 is 13.9. The van der Waals surface area contributed by atoms with Gasteiger partial charge in [-0.1, -0.05) is 18.2 Å². The molecule has 0 spiro atoms. The van der Waals surface area contributed by atoms with E-state index in [4.69, 9.17) is 0 Å². The molecule has 1 aromatic carbocycles. The first kappa shape index (κ1) is 17.5. The molecule has 4 rings (SSSR count). The second kappa shape index (κ2) is 7.35. The van der Waals surface area contributed by atoms with Gasteiger partial charge in [0, 0.05) is 57.3 Å². The number of hydrogen-bond acceptors (Lipinski definition) is 3. The highest BCUT2D eigenvalue weighted by Crippen LogP contribution is 2.33. The lowest BCUT2D eigenvalue weighted by atomic mass is 10.1. The Morgan fingerprint density at radius 3 is 2.69 bits per heavy atom. The van der Waals surface area contributed by atoms with Crippen LogP contribution >= 0.6 is 0 Å². The van der Waals surface area contributed by atoms with Crippen LogP contribution in [-0.4, -0.2) is 65.3 Å². The zero-order valence-corrected chi connectivity index (χ0v) is 15.1. The Morgan fingerprint density at radius 2 is 1.92 bits per heavy atom. The van der Waals surface area contributed by atoms with Crippen LogP contribution in [0.1, 0.15) is 31.2 Å². The smallest absolute Gasteiger partial charge is 0.228 e. The van der Waals surface area contributed by atoms with Gasteiger partial charge in [0.15, 0.2) is 0 Å². The fourth-order valence-electron chi connectivity index (χ4n) is 4.11. The lowest BCUT2D eigenvalue weighted by Gasteiger charge is -2.24. The van der Waals surface area contributed by atoms with Gasteiger partial charge in [0.25, 0.3) is 0 Å². The number of carbonyl (C=O) groups is 2. The summed E-state index contributed by atoms with van der Waals surface area (Å²) in [4.78, 5) is 31.0. The SMILES string of the molecule is O=C([C@H]1CC(=O)N(C2CC2)C1)N1CCCN(Cc2ccccc2F)CC1. The second-order valence-corrected chi connectivity index (χ2v) is 7.72. The average Bonchev–Trinajstić information content (AvgIpc) is 3.43. The van der Waals surface area contributed by atoms with E-state index < -0.39 is 0 Å². The van der Waals surface area contributed by atoms with E-state index in [1.807, 2.05) is 21.9 Å². The van der Waals surface area contributed by atoms with Gasteiger partial charge in [-0.05, 0) is 25.3 Å². The molecule has 1 aliphatic carbocycles. The summed E-state index contributed by atoms with van der Waals surface area (Å²) in [5, 5.41) is 0. The topological polar surface area (TPSA) is 43.9 Å². The van der Waals surface area contributed by atoms with E-state index in [1.54, 1.807) is 6.07 Å². The van der Waals surface area contributed by atoms with Crippen LogP contribution in [0.2, 0.25) is 0 Å². The highest BCUT2D eigenvalue weighted by molar-refractivity contribution is 5.89. The molecule has 0 N–H and O–H groups in total. The Morgan fingerprint density at radius 1 is 1.12 bits per heavy atom. The summed E-state index contributed by atoms with van der Waals surface area (Å²) in [6.07, 6.45) is 3.42. The molecule has 5 nitrogen and oxygen atoms in total.